The molecule has 0 unspecified atom stereocenters. The largest absolute Gasteiger partial charge is 0.416 e. The number of fused-ring (bicyclic) bond motifs is 2. The molecule has 2 heterocycles. The second kappa shape index (κ2) is 7.70. The summed E-state index contributed by atoms with van der Waals surface area (Å²) in [6.45, 7) is 0. The van der Waals surface area contributed by atoms with E-state index in [4.69, 9.17) is 11.6 Å². The number of aromatic nitrogens is 4. The Hall–Kier alpha value is -2.82. The highest BCUT2D eigenvalue weighted by Gasteiger charge is 2.31. The molecule has 5 rings (SSSR count). The standard InChI is InChI=1S/C20H11ClF3N5S2/c21-14-7-10(20(22,23)24)8-17-18(14)27-19(26-17)25-11-1-3-12(4-2-11)30-13-5-6-15-16(9-13)29-31-28-15/h1-9H,(H2,25,26,27). The minimum Gasteiger partial charge on any atom is -0.326 e. The van der Waals surface area contributed by atoms with Crippen molar-refractivity contribution in [2.24, 2.45) is 0 Å². The Morgan fingerprint density at radius 1 is 0.935 bits per heavy atom. The lowest BCUT2D eigenvalue weighted by atomic mass is 10.2. The van der Waals surface area contributed by atoms with Crippen LogP contribution < -0.4 is 5.32 Å². The van der Waals surface area contributed by atoms with Crippen molar-refractivity contribution in [1.29, 1.82) is 0 Å². The number of benzene rings is 3. The quantitative estimate of drug-likeness (QED) is 0.288. The molecule has 0 fully saturated rings. The summed E-state index contributed by atoms with van der Waals surface area (Å²) < 4.78 is 47.4. The Labute approximate surface area is 187 Å². The van der Waals surface area contributed by atoms with Gasteiger partial charge in [-0.3, -0.25) is 0 Å². The van der Waals surface area contributed by atoms with Gasteiger partial charge in [-0.1, -0.05) is 23.4 Å². The molecule has 0 saturated heterocycles. The molecule has 31 heavy (non-hydrogen) atoms. The lowest BCUT2D eigenvalue weighted by molar-refractivity contribution is -0.137. The number of hydrogen-bond acceptors (Lipinski definition) is 6. The molecule has 0 aliphatic rings. The van der Waals surface area contributed by atoms with Gasteiger partial charge in [-0.2, -0.15) is 21.9 Å². The van der Waals surface area contributed by atoms with Crippen molar-refractivity contribution < 1.29 is 13.2 Å². The molecule has 156 valence electrons. The second-order valence-corrected chi connectivity index (χ2v) is 8.69. The highest BCUT2D eigenvalue weighted by Crippen LogP contribution is 2.35. The molecule has 0 spiro atoms. The van der Waals surface area contributed by atoms with E-state index in [0.29, 0.717) is 5.95 Å². The molecule has 2 N–H and O–H groups in total. The fraction of sp³-hybridized carbons (Fsp3) is 0.0500. The fourth-order valence-corrected chi connectivity index (χ4v) is 4.63. The van der Waals surface area contributed by atoms with Crippen molar-refractivity contribution in [3.63, 3.8) is 0 Å². The van der Waals surface area contributed by atoms with Gasteiger partial charge in [0.25, 0.3) is 0 Å². The summed E-state index contributed by atoms with van der Waals surface area (Å²) >= 11 is 8.77. The van der Waals surface area contributed by atoms with Gasteiger partial charge in [-0.05, 0) is 54.6 Å². The summed E-state index contributed by atoms with van der Waals surface area (Å²) in [5.74, 6) is 0.304. The maximum Gasteiger partial charge on any atom is 0.416 e. The average Bonchev–Trinajstić information content (AvgIpc) is 3.35. The van der Waals surface area contributed by atoms with Crippen LogP contribution in [0.1, 0.15) is 5.56 Å². The third-order valence-electron chi connectivity index (χ3n) is 4.45. The first kappa shape index (κ1) is 20.1. The van der Waals surface area contributed by atoms with Crippen molar-refractivity contribution in [2.45, 2.75) is 16.0 Å². The van der Waals surface area contributed by atoms with E-state index < -0.39 is 11.7 Å². The lowest BCUT2D eigenvalue weighted by Crippen LogP contribution is -2.04. The van der Waals surface area contributed by atoms with Gasteiger partial charge in [0, 0.05) is 15.5 Å². The third kappa shape index (κ3) is 4.18. The van der Waals surface area contributed by atoms with Crippen LogP contribution in [0.3, 0.4) is 0 Å². The maximum absolute atomic E-state index is 13.0. The lowest BCUT2D eigenvalue weighted by Gasteiger charge is -2.06. The first-order valence-corrected chi connectivity index (χ1v) is 10.8. The summed E-state index contributed by atoms with van der Waals surface area (Å²) in [7, 11) is 0. The predicted octanol–water partition coefficient (Wildman–Crippen LogP) is 7.13. The Morgan fingerprint density at radius 3 is 2.45 bits per heavy atom. The van der Waals surface area contributed by atoms with E-state index in [0.717, 1.165) is 38.6 Å². The number of hydrogen-bond donors (Lipinski definition) is 2. The number of imidazole rings is 1. The molecule has 11 heteroatoms. The Bertz CT molecular complexity index is 1400. The van der Waals surface area contributed by atoms with Crippen LogP contribution in [-0.4, -0.2) is 18.7 Å². The van der Waals surface area contributed by atoms with E-state index in [1.807, 2.05) is 42.5 Å². The Kier molecular flexibility index (Phi) is 4.99. The van der Waals surface area contributed by atoms with E-state index in [-0.39, 0.29) is 16.1 Å². The van der Waals surface area contributed by atoms with E-state index in [9.17, 15) is 13.2 Å². The smallest absolute Gasteiger partial charge is 0.326 e. The molecule has 0 bridgehead atoms. The van der Waals surface area contributed by atoms with Gasteiger partial charge in [-0.25, -0.2) is 4.98 Å². The number of H-pyrrole nitrogens is 1. The number of anilines is 2. The first-order valence-electron chi connectivity index (χ1n) is 8.89. The predicted molar refractivity (Wildman–Crippen MR) is 117 cm³/mol. The zero-order valence-electron chi connectivity index (χ0n) is 15.4. The van der Waals surface area contributed by atoms with Crippen LogP contribution in [0, 0.1) is 0 Å². The number of nitrogens with zero attached hydrogens (tertiary/aromatic N) is 3. The fourth-order valence-electron chi connectivity index (χ4n) is 3.00. The van der Waals surface area contributed by atoms with Crippen LogP contribution in [0.5, 0.6) is 0 Å². The van der Waals surface area contributed by atoms with Crippen LogP contribution in [0.4, 0.5) is 24.8 Å². The highest BCUT2D eigenvalue weighted by atomic mass is 35.5. The minimum atomic E-state index is -4.48. The molecule has 5 nitrogen and oxygen atoms in total. The number of aromatic amines is 1. The highest BCUT2D eigenvalue weighted by molar-refractivity contribution is 7.99. The number of alkyl halides is 3. The Balaban J connectivity index is 1.34. The molecule has 0 radical (unpaired) electrons. The number of rotatable bonds is 4. The molecular weight excluding hydrogens is 467 g/mol. The van der Waals surface area contributed by atoms with E-state index >= 15 is 0 Å². The molecule has 0 aliphatic carbocycles. The van der Waals surface area contributed by atoms with Gasteiger partial charge in [0.1, 0.15) is 16.6 Å². The van der Waals surface area contributed by atoms with Gasteiger partial charge in [0.2, 0.25) is 5.95 Å². The molecular formula is C20H11ClF3N5S2. The second-order valence-electron chi connectivity index (χ2n) is 6.60. The van der Waals surface area contributed by atoms with Crippen LogP contribution in [-0.2, 0) is 6.18 Å². The van der Waals surface area contributed by atoms with Gasteiger partial charge >= 0.3 is 6.18 Å². The summed E-state index contributed by atoms with van der Waals surface area (Å²) in [5.41, 5.74) is 2.13. The summed E-state index contributed by atoms with van der Waals surface area (Å²) in [4.78, 5) is 9.18. The Morgan fingerprint density at radius 2 is 1.68 bits per heavy atom. The SMILES string of the molecule is FC(F)(F)c1cc(Cl)c2nc(Nc3ccc(Sc4ccc5nsnc5c4)cc3)[nH]c2c1. The molecule has 2 aromatic heterocycles. The zero-order chi connectivity index (χ0) is 21.6. The summed E-state index contributed by atoms with van der Waals surface area (Å²) in [6, 6.07) is 15.4. The van der Waals surface area contributed by atoms with E-state index in [2.05, 4.69) is 24.0 Å². The van der Waals surface area contributed by atoms with Crippen molar-refractivity contribution >= 4 is 68.8 Å². The molecule has 0 saturated carbocycles. The summed E-state index contributed by atoms with van der Waals surface area (Å²) in [5, 5.41) is 3.00. The van der Waals surface area contributed by atoms with Gasteiger partial charge in [-0.15, -0.1) is 0 Å². The van der Waals surface area contributed by atoms with Gasteiger partial charge in [0.05, 0.1) is 27.8 Å². The number of halogens is 4. The average molecular weight is 478 g/mol. The topological polar surface area (TPSA) is 66.5 Å². The van der Waals surface area contributed by atoms with Crippen molar-refractivity contribution in [2.75, 3.05) is 5.32 Å². The van der Waals surface area contributed by atoms with Crippen molar-refractivity contribution in [1.82, 2.24) is 18.7 Å². The monoisotopic (exact) mass is 477 g/mol. The van der Waals surface area contributed by atoms with Crippen LogP contribution in [0.15, 0.2) is 64.4 Å². The van der Waals surface area contributed by atoms with Gasteiger partial charge in [0.15, 0.2) is 0 Å². The number of nitrogens with one attached hydrogen (secondary N) is 2. The molecule has 0 atom stereocenters. The van der Waals surface area contributed by atoms with Crippen molar-refractivity contribution in [3.05, 3.63) is 65.2 Å². The summed E-state index contributed by atoms with van der Waals surface area (Å²) in [6.07, 6.45) is -4.48. The van der Waals surface area contributed by atoms with Crippen molar-refractivity contribution in [3.8, 4) is 0 Å². The minimum absolute atomic E-state index is 0.0619. The molecule has 0 amide bonds. The van der Waals surface area contributed by atoms with E-state index in [1.54, 1.807) is 11.8 Å². The molecule has 0 aliphatic heterocycles. The zero-order valence-corrected chi connectivity index (χ0v) is 17.8. The van der Waals surface area contributed by atoms with Crippen LogP contribution in [0.2, 0.25) is 5.02 Å². The maximum atomic E-state index is 13.0. The van der Waals surface area contributed by atoms with E-state index in [1.165, 1.54) is 11.7 Å². The van der Waals surface area contributed by atoms with Gasteiger partial charge < -0.3 is 10.3 Å². The molecule has 3 aromatic carbocycles. The third-order valence-corrected chi connectivity index (χ3v) is 6.29. The first-order chi connectivity index (χ1) is 14.8. The normalized spacial score (nSPS) is 12.0. The van der Waals surface area contributed by atoms with Crippen LogP contribution >= 0.6 is 35.1 Å². The molecule has 5 aromatic rings. The van der Waals surface area contributed by atoms with Crippen LogP contribution in [0.25, 0.3) is 22.1 Å².